The maximum Gasteiger partial charge on any atom is 0.319 e. The van der Waals surface area contributed by atoms with Crippen LogP contribution >= 0.6 is 0 Å². The molecule has 5 heteroatoms. The third-order valence-electron chi connectivity index (χ3n) is 4.09. The summed E-state index contributed by atoms with van der Waals surface area (Å²) in [5.74, 6) is 0. The number of hydrogen-bond donors (Lipinski definition) is 2. The van der Waals surface area contributed by atoms with E-state index in [4.69, 9.17) is 4.74 Å². The highest BCUT2D eigenvalue weighted by molar-refractivity contribution is 5.89. The van der Waals surface area contributed by atoms with Gasteiger partial charge in [0.25, 0.3) is 0 Å². The first-order valence-electron chi connectivity index (χ1n) is 8.28. The van der Waals surface area contributed by atoms with Gasteiger partial charge in [-0.25, -0.2) is 4.79 Å². The van der Waals surface area contributed by atoms with Gasteiger partial charge in [0, 0.05) is 31.9 Å². The number of benzene rings is 2. The summed E-state index contributed by atoms with van der Waals surface area (Å²) in [6.07, 6.45) is 0. The minimum atomic E-state index is -0.192. The second-order valence-corrected chi connectivity index (χ2v) is 5.83. The number of ether oxygens (including phenoxy) is 1. The molecule has 0 saturated carbocycles. The number of carbonyl (C=O) groups is 1. The molecule has 1 fully saturated rings. The number of urea groups is 1. The third kappa shape index (κ3) is 4.81. The lowest BCUT2D eigenvalue weighted by atomic mass is 10.1. The van der Waals surface area contributed by atoms with Crippen molar-refractivity contribution in [2.75, 3.05) is 31.6 Å². The van der Waals surface area contributed by atoms with E-state index in [2.05, 4.69) is 27.7 Å². The van der Waals surface area contributed by atoms with E-state index < -0.39 is 0 Å². The van der Waals surface area contributed by atoms with Crippen LogP contribution in [0.5, 0.6) is 0 Å². The van der Waals surface area contributed by atoms with Crippen molar-refractivity contribution in [2.24, 2.45) is 0 Å². The lowest BCUT2D eigenvalue weighted by molar-refractivity contribution is 0.0341. The second kappa shape index (κ2) is 8.47. The van der Waals surface area contributed by atoms with E-state index in [1.54, 1.807) is 0 Å². The standard InChI is InChI=1S/C19H23N3O2/c23-19(21-18-8-2-1-3-9-18)20-14-16-6-4-5-7-17(16)15-22-10-12-24-13-11-22/h1-9H,10-15H2,(H2,20,21,23). The summed E-state index contributed by atoms with van der Waals surface area (Å²) < 4.78 is 5.40. The molecule has 2 N–H and O–H groups in total. The van der Waals surface area contributed by atoms with E-state index in [-0.39, 0.29) is 6.03 Å². The molecule has 0 bridgehead atoms. The Labute approximate surface area is 142 Å². The second-order valence-electron chi connectivity index (χ2n) is 5.83. The maximum absolute atomic E-state index is 12.0. The normalized spacial score (nSPS) is 15.0. The molecule has 2 aromatic rings. The van der Waals surface area contributed by atoms with E-state index in [1.807, 2.05) is 42.5 Å². The Bertz CT molecular complexity index is 655. The predicted octanol–water partition coefficient (Wildman–Crippen LogP) is 2.84. The Morgan fingerprint density at radius 3 is 2.38 bits per heavy atom. The molecule has 2 amide bonds. The number of carbonyl (C=O) groups excluding carboxylic acids is 1. The van der Waals surface area contributed by atoms with Gasteiger partial charge in [0.2, 0.25) is 0 Å². The summed E-state index contributed by atoms with van der Waals surface area (Å²) in [5, 5.41) is 5.77. The van der Waals surface area contributed by atoms with Crippen LogP contribution in [-0.2, 0) is 17.8 Å². The molecule has 0 aromatic heterocycles. The number of rotatable bonds is 5. The largest absolute Gasteiger partial charge is 0.379 e. The van der Waals surface area contributed by atoms with E-state index in [0.29, 0.717) is 6.54 Å². The smallest absolute Gasteiger partial charge is 0.319 e. The van der Waals surface area contributed by atoms with Gasteiger partial charge in [0.05, 0.1) is 13.2 Å². The molecule has 0 radical (unpaired) electrons. The number of amides is 2. The Morgan fingerprint density at radius 1 is 0.958 bits per heavy atom. The van der Waals surface area contributed by atoms with Gasteiger partial charge in [-0.1, -0.05) is 42.5 Å². The van der Waals surface area contributed by atoms with Crippen LogP contribution in [0.15, 0.2) is 54.6 Å². The molecule has 126 valence electrons. The van der Waals surface area contributed by atoms with Gasteiger partial charge in [-0.2, -0.15) is 0 Å². The predicted molar refractivity (Wildman–Crippen MR) is 94.8 cm³/mol. The molecule has 1 saturated heterocycles. The summed E-state index contributed by atoms with van der Waals surface area (Å²) in [5.41, 5.74) is 3.18. The first-order valence-corrected chi connectivity index (χ1v) is 8.28. The SMILES string of the molecule is O=C(NCc1ccccc1CN1CCOCC1)Nc1ccccc1. The van der Waals surface area contributed by atoms with Crippen molar-refractivity contribution in [2.45, 2.75) is 13.1 Å². The van der Waals surface area contributed by atoms with E-state index in [1.165, 1.54) is 5.56 Å². The van der Waals surface area contributed by atoms with Crippen molar-refractivity contribution >= 4 is 11.7 Å². The van der Waals surface area contributed by atoms with Crippen molar-refractivity contribution in [1.82, 2.24) is 10.2 Å². The molecule has 1 aliphatic heterocycles. The van der Waals surface area contributed by atoms with Crippen molar-refractivity contribution in [3.05, 3.63) is 65.7 Å². The summed E-state index contributed by atoms with van der Waals surface area (Å²) in [7, 11) is 0. The summed E-state index contributed by atoms with van der Waals surface area (Å²) in [4.78, 5) is 14.4. The van der Waals surface area contributed by atoms with E-state index in [0.717, 1.165) is 44.1 Å². The molecule has 2 aromatic carbocycles. The first-order chi connectivity index (χ1) is 11.8. The van der Waals surface area contributed by atoms with Gasteiger partial charge in [0.1, 0.15) is 0 Å². The van der Waals surface area contributed by atoms with Crippen LogP contribution < -0.4 is 10.6 Å². The average molecular weight is 325 g/mol. The van der Waals surface area contributed by atoms with Gasteiger partial charge >= 0.3 is 6.03 Å². The number of morpholine rings is 1. The van der Waals surface area contributed by atoms with Crippen LogP contribution in [0.2, 0.25) is 0 Å². The lowest BCUT2D eigenvalue weighted by Gasteiger charge is -2.27. The Morgan fingerprint density at radius 2 is 1.62 bits per heavy atom. The molecule has 5 nitrogen and oxygen atoms in total. The molecule has 3 rings (SSSR count). The van der Waals surface area contributed by atoms with Crippen molar-refractivity contribution in [3.8, 4) is 0 Å². The zero-order valence-electron chi connectivity index (χ0n) is 13.7. The van der Waals surface area contributed by atoms with Crippen LogP contribution in [0.1, 0.15) is 11.1 Å². The number of nitrogens with one attached hydrogen (secondary N) is 2. The molecule has 1 heterocycles. The molecule has 1 aliphatic rings. The number of nitrogens with zero attached hydrogens (tertiary/aromatic N) is 1. The molecule has 0 unspecified atom stereocenters. The fraction of sp³-hybridized carbons (Fsp3) is 0.316. The fourth-order valence-corrected chi connectivity index (χ4v) is 2.76. The molecule has 24 heavy (non-hydrogen) atoms. The monoisotopic (exact) mass is 325 g/mol. The molecule has 0 aliphatic carbocycles. The fourth-order valence-electron chi connectivity index (χ4n) is 2.76. The molecular weight excluding hydrogens is 302 g/mol. The molecular formula is C19H23N3O2. The maximum atomic E-state index is 12.0. The minimum absolute atomic E-state index is 0.192. The van der Waals surface area contributed by atoms with Gasteiger partial charge in [0.15, 0.2) is 0 Å². The van der Waals surface area contributed by atoms with Gasteiger partial charge in [-0.05, 0) is 23.3 Å². The number of para-hydroxylation sites is 1. The summed E-state index contributed by atoms with van der Waals surface area (Å²) >= 11 is 0. The van der Waals surface area contributed by atoms with Crippen molar-refractivity contribution < 1.29 is 9.53 Å². The van der Waals surface area contributed by atoms with Crippen LogP contribution in [0.3, 0.4) is 0 Å². The van der Waals surface area contributed by atoms with E-state index >= 15 is 0 Å². The van der Waals surface area contributed by atoms with Crippen molar-refractivity contribution in [3.63, 3.8) is 0 Å². The topological polar surface area (TPSA) is 53.6 Å². The minimum Gasteiger partial charge on any atom is -0.379 e. The van der Waals surface area contributed by atoms with Crippen LogP contribution in [-0.4, -0.2) is 37.2 Å². The molecule has 0 atom stereocenters. The highest BCUT2D eigenvalue weighted by Crippen LogP contribution is 2.13. The quantitative estimate of drug-likeness (QED) is 0.889. The highest BCUT2D eigenvalue weighted by Gasteiger charge is 2.13. The van der Waals surface area contributed by atoms with Crippen LogP contribution in [0, 0.1) is 0 Å². The molecule has 0 spiro atoms. The van der Waals surface area contributed by atoms with Gasteiger partial charge < -0.3 is 15.4 Å². The summed E-state index contributed by atoms with van der Waals surface area (Å²) in [6, 6.07) is 17.5. The average Bonchev–Trinajstić information content (AvgIpc) is 2.63. The third-order valence-corrected chi connectivity index (χ3v) is 4.09. The Hall–Kier alpha value is -2.37. The Kier molecular flexibility index (Phi) is 5.82. The number of hydrogen-bond acceptors (Lipinski definition) is 3. The zero-order valence-corrected chi connectivity index (χ0v) is 13.7. The van der Waals surface area contributed by atoms with Gasteiger partial charge in [-0.15, -0.1) is 0 Å². The Balaban J connectivity index is 1.55. The highest BCUT2D eigenvalue weighted by atomic mass is 16.5. The number of anilines is 1. The lowest BCUT2D eigenvalue weighted by Crippen LogP contribution is -2.36. The van der Waals surface area contributed by atoms with Gasteiger partial charge in [-0.3, -0.25) is 4.90 Å². The van der Waals surface area contributed by atoms with Crippen LogP contribution in [0.25, 0.3) is 0 Å². The van der Waals surface area contributed by atoms with Crippen LogP contribution in [0.4, 0.5) is 10.5 Å². The zero-order chi connectivity index (χ0) is 16.6. The summed E-state index contributed by atoms with van der Waals surface area (Å²) in [6.45, 7) is 4.90. The first kappa shape index (κ1) is 16.5. The van der Waals surface area contributed by atoms with Crippen molar-refractivity contribution in [1.29, 1.82) is 0 Å². The van der Waals surface area contributed by atoms with E-state index in [9.17, 15) is 4.79 Å².